The fourth-order valence-electron chi connectivity index (χ4n) is 1.64. The predicted molar refractivity (Wildman–Crippen MR) is 63.6 cm³/mol. The maximum Gasteiger partial charge on any atom is 0.126 e. The summed E-state index contributed by atoms with van der Waals surface area (Å²) in [5, 5.41) is 0. The van der Waals surface area contributed by atoms with Crippen molar-refractivity contribution in [2.75, 3.05) is 0 Å². The van der Waals surface area contributed by atoms with Crippen molar-refractivity contribution in [1.82, 2.24) is 0 Å². The molecule has 0 N–H and O–H groups in total. The fraction of sp³-hybridized carbons (Fsp3) is 0.571. The third-order valence-electron chi connectivity index (χ3n) is 2.46. The lowest BCUT2D eigenvalue weighted by Crippen LogP contribution is -2.10. The molecule has 1 aromatic carbocycles. The Hall–Kier alpha value is -0.850. The van der Waals surface area contributed by atoms with Crippen LogP contribution in [0.25, 0.3) is 0 Å². The van der Waals surface area contributed by atoms with E-state index >= 15 is 0 Å². The Morgan fingerprint density at radius 1 is 1.20 bits per heavy atom. The summed E-state index contributed by atoms with van der Waals surface area (Å²) < 4.78 is 13.7. The van der Waals surface area contributed by atoms with E-state index in [1.165, 1.54) is 0 Å². The van der Waals surface area contributed by atoms with Crippen LogP contribution in [0.15, 0.2) is 18.2 Å². The molecule has 1 aromatic rings. The molecule has 0 unspecified atom stereocenters. The Labute approximate surface area is 92.5 Å². The molecule has 1 heteroatoms. The van der Waals surface area contributed by atoms with E-state index in [1.807, 2.05) is 12.1 Å². The number of rotatable bonds is 2. The van der Waals surface area contributed by atoms with Crippen LogP contribution in [0.2, 0.25) is 0 Å². The maximum atomic E-state index is 13.7. The quantitative estimate of drug-likeness (QED) is 0.669. The molecule has 0 aliphatic rings. The molecule has 0 fully saturated rings. The van der Waals surface area contributed by atoms with Crippen molar-refractivity contribution in [3.05, 3.63) is 35.1 Å². The Kier molecular flexibility index (Phi) is 3.54. The first-order valence-corrected chi connectivity index (χ1v) is 5.58. The van der Waals surface area contributed by atoms with Gasteiger partial charge in [-0.3, -0.25) is 0 Å². The van der Waals surface area contributed by atoms with Crippen LogP contribution in [-0.2, 0) is 6.42 Å². The van der Waals surface area contributed by atoms with Gasteiger partial charge in [0.1, 0.15) is 5.82 Å². The molecule has 0 saturated heterocycles. The highest BCUT2D eigenvalue weighted by atomic mass is 19.1. The topological polar surface area (TPSA) is 0 Å². The predicted octanol–water partition coefficient (Wildman–Crippen LogP) is 4.54. The van der Waals surface area contributed by atoms with Gasteiger partial charge in [0.15, 0.2) is 0 Å². The van der Waals surface area contributed by atoms with Gasteiger partial charge in [0.25, 0.3) is 0 Å². The van der Waals surface area contributed by atoms with E-state index < -0.39 is 0 Å². The van der Waals surface area contributed by atoms with Crippen molar-refractivity contribution in [1.29, 1.82) is 0 Å². The van der Waals surface area contributed by atoms with E-state index in [4.69, 9.17) is 0 Å². The van der Waals surface area contributed by atoms with Crippen LogP contribution in [0.1, 0.15) is 51.7 Å². The van der Waals surface area contributed by atoms with Gasteiger partial charge in [0, 0.05) is 0 Å². The van der Waals surface area contributed by atoms with E-state index in [0.29, 0.717) is 5.92 Å². The van der Waals surface area contributed by atoms with Crippen LogP contribution in [0.4, 0.5) is 4.39 Å². The van der Waals surface area contributed by atoms with Crippen molar-refractivity contribution in [3.8, 4) is 0 Å². The van der Waals surface area contributed by atoms with Gasteiger partial charge in [-0.15, -0.1) is 0 Å². The minimum Gasteiger partial charge on any atom is -0.207 e. The summed E-state index contributed by atoms with van der Waals surface area (Å²) >= 11 is 0. The van der Waals surface area contributed by atoms with Crippen molar-refractivity contribution in [2.24, 2.45) is 5.41 Å². The molecule has 0 saturated carbocycles. The molecule has 0 atom stereocenters. The molecule has 0 amide bonds. The first-order valence-electron chi connectivity index (χ1n) is 5.58. The highest BCUT2D eigenvalue weighted by molar-refractivity contribution is 5.27. The summed E-state index contributed by atoms with van der Waals surface area (Å²) in [7, 11) is 0. The van der Waals surface area contributed by atoms with Crippen LogP contribution in [-0.4, -0.2) is 0 Å². The molecule has 0 aliphatic heterocycles. The fourth-order valence-corrected chi connectivity index (χ4v) is 1.64. The third-order valence-corrected chi connectivity index (χ3v) is 2.46. The van der Waals surface area contributed by atoms with E-state index in [-0.39, 0.29) is 11.2 Å². The van der Waals surface area contributed by atoms with Gasteiger partial charge in [-0.1, -0.05) is 46.8 Å². The lowest BCUT2D eigenvalue weighted by Gasteiger charge is -2.19. The SMILES string of the molecule is CC(C)c1ccc(CC(C)(C)C)c(F)c1. The van der Waals surface area contributed by atoms with Gasteiger partial charge in [-0.05, 0) is 34.9 Å². The summed E-state index contributed by atoms with van der Waals surface area (Å²) in [5.74, 6) is 0.333. The molecule has 0 bridgehead atoms. The summed E-state index contributed by atoms with van der Waals surface area (Å²) in [6.07, 6.45) is 0.789. The van der Waals surface area contributed by atoms with Gasteiger partial charge in [0.2, 0.25) is 0 Å². The zero-order chi connectivity index (χ0) is 11.6. The van der Waals surface area contributed by atoms with Crippen LogP contribution in [0.5, 0.6) is 0 Å². The molecule has 0 aliphatic carbocycles. The highest BCUT2D eigenvalue weighted by Gasteiger charge is 2.14. The molecule has 15 heavy (non-hydrogen) atoms. The van der Waals surface area contributed by atoms with Crippen molar-refractivity contribution in [3.63, 3.8) is 0 Å². The van der Waals surface area contributed by atoms with Crippen LogP contribution in [0.3, 0.4) is 0 Å². The Balaban J connectivity index is 2.94. The van der Waals surface area contributed by atoms with E-state index in [0.717, 1.165) is 17.5 Å². The Bertz CT molecular complexity index is 332. The molecule has 0 aromatic heterocycles. The van der Waals surface area contributed by atoms with E-state index in [9.17, 15) is 4.39 Å². The van der Waals surface area contributed by atoms with Gasteiger partial charge in [-0.25, -0.2) is 4.39 Å². The molecule has 0 radical (unpaired) electrons. The Morgan fingerprint density at radius 2 is 1.80 bits per heavy atom. The van der Waals surface area contributed by atoms with Gasteiger partial charge in [-0.2, -0.15) is 0 Å². The molecule has 0 spiro atoms. The lowest BCUT2D eigenvalue weighted by atomic mass is 9.87. The van der Waals surface area contributed by atoms with Crippen LogP contribution in [0, 0.1) is 11.2 Å². The molecule has 84 valence electrons. The summed E-state index contributed by atoms with van der Waals surface area (Å²) in [6, 6.07) is 5.64. The second-order valence-electron chi connectivity index (χ2n) is 5.74. The minimum atomic E-state index is -0.0591. The van der Waals surface area contributed by atoms with Crippen LogP contribution >= 0.6 is 0 Å². The summed E-state index contributed by atoms with van der Waals surface area (Å²) in [4.78, 5) is 0. The van der Waals surface area contributed by atoms with Gasteiger partial charge < -0.3 is 0 Å². The number of benzene rings is 1. The molecule has 0 nitrogen and oxygen atoms in total. The van der Waals surface area contributed by atoms with Crippen molar-refractivity contribution in [2.45, 2.75) is 47.0 Å². The Morgan fingerprint density at radius 3 is 2.20 bits per heavy atom. The van der Waals surface area contributed by atoms with Crippen molar-refractivity contribution < 1.29 is 4.39 Å². The zero-order valence-corrected chi connectivity index (χ0v) is 10.4. The molecular formula is C14H21F. The first-order chi connectivity index (χ1) is 6.79. The monoisotopic (exact) mass is 208 g/mol. The van der Waals surface area contributed by atoms with Gasteiger partial charge >= 0.3 is 0 Å². The first kappa shape index (κ1) is 12.2. The smallest absolute Gasteiger partial charge is 0.126 e. The average Bonchev–Trinajstić information content (AvgIpc) is 2.05. The summed E-state index contributed by atoms with van der Waals surface area (Å²) in [6.45, 7) is 10.5. The average molecular weight is 208 g/mol. The zero-order valence-electron chi connectivity index (χ0n) is 10.4. The van der Waals surface area contributed by atoms with Crippen LogP contribution < -0.4 is 0 Å². The molecule has 1 rings (SSSR count). The van der Waals surface area contributed by atoms with E-state index in [1.54, 1.807) is 6.07 Å². The van der Waals surface area contributed by atoms with Gasteiger partial charge in [0.05, 0.1) is 0 Å². The molecular weight excluding hydrogens is 187 g/mol. The number of hydrogen-bond acceptors (Lipinski definition) is 0. The minimum absolute atomic E-state index is 0.0591. The van der Waals surface area contributed by atoms with E-state index in [2.05, 4.69) is 34.6 Å². The normalized spacial score (nSPS) is 12.2. The highest BCUT2D eigenvalue weighted by Crippen LogP contribution is 2.24. The number of hydrogen-bond donors (Lipinski definition) is 0. The standard InChI is InChI=1S/C14H21F/c1-10(2)11-6-7-12(13(15)8-11)9-14(3,4)5/h6-8,10H,9H2,1-5H3. The second-order valence-corrected chi connectivity index (χ2v) is 5.74. The van der Waals surface area contributed by atoms with Crippen molar-refractivity contribution >= 4 is 0 Å². The lowest BCUT2D eigenvalue weighted by molar-refractivity contribution is 0.402. The summed E-state index contributed by atoms with van der Waals surface area (Å²) in [5.41, 5.74) is 2.04. The number of halogens is 1. The molecule has 0 heterocycles. The third kappa shape index (κ3) is 3.65. The second kappa shape index (κ2) is 4.34. The largest absolute Gasteiger partial charge is 0.207 e. The maximum absolute atomic E-state index is 13.7.